The molecule has 0 aliphatic rings. The number of sulfonamides is 1. The first kappa shape index (κ1) is 20.6. The molecule has 0 heterocycles. The summed E-state index contributed by atoms with van der Waals surface area (Å²) in [5, 5.41) is 2.57. The van der Waals surface area contributed by atoms with Crippen LogP contribution in [0.5, 0.6) is 0 Å². The fourth-order valence-corrected chi connectivity index (χ4v) is 3.91. The maximum absolute atomic E-state index is 12.8. The zero-order chi connectivity index (χ0) is 18.3. The third-order valence-corrected chi connectivity index (χ3v) is 5.09. The molecule has 0 spiro atoms. The van der Waals surface area contributed by atoms with E-state index in [0.717, 1.165) is 0 Å². The molecule has 0 saturated carbocycles. The van der Waals surface area contributed by atoms with Crippen molar-refractivity contribution in [3.05, 3.63) is 35.6 Å². The zero-order valence-electron chi connectivity index (χ0n) is 14.8. The molecule has 136 valence electrons. The van der Waals surface area contributed by atoms with Crippen LogP contribution in [0.25, 0.3) is 0 Å². The van der Waals surface area contributed by atoms with Crippen LogP contribution in [-0.2, 0) is 10.0 Å². The van der Waals surface area contributed by atoms with Crippen LogP contribution in [0.15, 0.2) is 24.3 Å². The lowest BCUT2D eigenvalue weighted by molar-refractivity contribution is 0.0956. The van der Waals surface area contributed by atoms with Crippen LogP contribution in [0.4, 0.5) is 4.39 Å². The van der Waals surface area contributed by atoms with Crippen molar-refractivity contribution >= 4 is 15.9 Å². The lowest BCUT2D eigenvalue weighted by Gasteiger charge is -2.25. The molecular formula is C17H27FN2O3S. The highest BCUT2D eigenvalue weighted by Crippen LogP contribution is 2.10. The zero-order valence-corrected chi connectivity index (χ0v) is 15.6. The Labute approximate surface area is 144 Å². The summed E-state index contributed by atoms with van der Waals surface area (Å²) in [5.41, 5.74) is 0.301. The molecule has 0 atom stereocenters. The second kappa shape index (κ2) is 9.13. The van der Waals surface area contributed by atoms with Crippen molar-refractivity contribution < 1.29 is 17.6 Å². The Morgan fingerprint density at radius 1 is 1.08 bits per heavy atom. The molecule has 0 aliphatic heterocycles. The second-order valence-electron chi connectivity index (χ2n) is 6.68. The number of halogens is 1. The molecular weight excluding hydrogens is 331 g/mol. The highest BCUT2D eigenvalue weighted by molar-refractivity contribution is 7.89. The van der Waals surface area contributed by atoms with Gasteiger partial charge in [-0.1, -0.05) is 27.7 Å². The van der Waals surface area contributed by atoms with E-state index in [2.05, 4.69) is 5.32 Å². The van der Waals surface area contributed by atoms with Crippen molar-refractivity contribution in [2.75, 3.05) is 25.4 Å². The number of nitrogens with one attached hydrogen (secondary N) is 1. The number of hydrogen-bond acceptors (Lipinski definition) is 3. The number of carbonyl (C=O) groups is 1. The first-order chi connectivity index (χ1) is 11.1. The Hall–Kier alpha value is -1.47. The van der Waals surface area contributed by atoms with Gasteiger partial charge in [-0.15, -0.1) is 0 Å². The molecule has 0 aliphatic carbocycles. The van der Waals surface area contributed by atoms with Crippen molar-refractivity contribution in [1.82, 2.24) is 9.62 Å². The minimum absolute atomic E-state index is 0.0191. The average molecular weight is 358 g/mol. The molecule has 1 aromatic rings. The number of carbonyl (C=O) groups excluding carboxylic acids is 1. The van der Waals surface area contributed by atoms with Gasteiger partial charge in [-0.2, -0.15) is 0 Å². The molecule has 7 heteroatoms. The fraction of sp³-hybridized carbons (Fsp3) is 0.588. The normalized spacial score (nSPS) is 12.2. The van der Waals surface area contributed by atoms with Crippen LogP contribution in [0.1, 0.15) is 38.1 Å². The fourth-order valence-electron chi connectivity index (χ4n) is 2.24. The van der Waals surface area contributed by atoms with Gasteiger partial charge < -0.3 is 5.32 Å². The number of amides is 1. The van der Waals surface area contributed by atoms with Crippen molar-refractivity contribution in [1.29, 1.82) is 0 Å². The summed E-state index contributed by atoms with van der Waals surface area (Å²) in [5.74, 6) is -0.532. The topological polar surface area (TPSA) is 66.5 Å². The average Bonchev–Trinajstić information content (AvgIpc) is 2.46. The van der Waals surface area contributed by atoms with Crippen molar-refractivity contribution in [2.24, 2.45) is 11.8 Å². The summed E-state index contributed by atoms with van der Waals surface area (Å²) >= 11 is 0. The number of benzene rings is 1. The van der Waals surface area contributed by atoms with E-state index in [4.69, 9.17) is 0 Å². The van der Waals surface area contributed by atoms with E-state index in [1.807, 2.05) is 27.7 Å². The predicted octanol–water partition coefficient (Wildman–Crippen LogP) is 2.50. The van der Waals surface area contributed by atoms with Crippen LogP contribution >= 0.6 is 0 Å². The van der Waals surface area contributed by atoms with Crippen molar-refractivity contribution in [3.8, 4) is 0 Å². The molecule has 1 rings (SSSR count). The minimum atomic E-state index is -3.44. The van der Waals surface area contributed by atoms with E-state index < -0.39 is 21.7 Å². The van der Waals surface area contributed by atoms with Gasteiger partial charge >= 0.3 is 0 Å². The summed E-state index contributed by atoms with van der Waals surface area (Å²) in [7, 11) is -3.44. The van der Waals surface area contributed by atoms with Crippen LogP contribution in [0.2, 0.25) is 0 Å². The highest BCUT2D eigenvalue weighted by atomic mass is 32.2. The first-order valence-corrected chi connectivity index (χ1v) is 9.74. The molecule has 1 N–H and O–H groups in total. The van der Waals surface area contributed by atoms with Crippen LogP contribution in [0, 0.1) is 17.7 Å². The van der Waals surface area contributed by atoms with E-state index in [0.29, 0.717) is 18.7 Å². The second-order valence-corrected chi connectivity index (χ2v) is 8.77. The van der Waals surface area contributed by atoms with Crippen LogP contribution in [-0.4, -0.2) is 44.0 Å². The highest BCUT2D eigenvalue weighted by Gasteiger charge is 2.23. The predicted molar refractivity (Wildman–Crippen MR) is 93.8 cm³/mol. The van der Waals surface area contributed by atoms with Gasteiger partial charge in [-0.05, 0) is 36.1 Å². The molecule has 0 fully saturated rings. The molecule has 1 amide bonds. The van der Waals surface area contributed by atoms with E-state index in [9.17, 15) is 17.6 Å². The first-order valence-electron chi connectivity index (χ1n) is 8.13. The maximum atomic E-state index is 12.8. The molecule has 5 nitrogen and oxygen atoms in total. The third-order valence-electron chi connectivity index (χ3n) is 3.28. The lowest BCUT2D eigenvalue weighted by Crippen LogP contribution is -2.41. The number of nitrogens with zero attached hydrogens (tertiary/aromatic N) is 1. The third kappa shape index (κ3) is 6.97. The Kier molecular flexibility index (Phi) is 7.83. The lowest BCUT2D eigenvalue weighted by atomic mass is 10.2. The van der Waals surface area contributed by atoms with Gasteiger partial charge in [0.2, 0.25) is 10.0 Å². The van der Waals surface area contributed by atoms with Crippen LogP contribution in [0.3, 0.4) is 0 Å². The van der Waals surface area contributed by atoms with E-state index in [1.54, 1.807) is 0 Å². The Bertz CT molecular complexity index is 618. The monoisotopic (exact) mass is 358 g/mol. The summed E-state index contributed by atoms with van der Waals surface area (Å²) < 4.78 is 39.3. The molecule has 0 unspecified atom stereocenters. The van der Waals surface area contributed by atoms with E-state index in [1.165, 1.54) is 28.6 Å². The number of rotatable bonds is 9. The van der Waals surface area contributed by atoms with Gasteiger partial charge in [0.05, 0.1) is 5.75 Å². The molecule has 0 aromatic heterocycles. The minimum Gasteiger partial charge on any atom is -0.351 e. The van der Waals surface area contributed by atoms with Crippen molar-refractivity contribution in [3.63, 3.8) is 0 Å². The summed E-state index contributed by atoms with van der Waals surface area (Å²) in [4.78, 5) is 11.9. The standard InChI is InChI=1S/C17H27FN2O3S/c1-13(2)11-20(12-14(3)4)24(22,23)10-9-19-17(21)15-5-7-16(18)8-6-15/h5-8,13-14H,9-12H2,1-4H3,(H,19,21). The Balaban J connectivity index is 2.62. The van der Waals surface area contributed by atoms with Crippen molar-refractivity contribution in [2.45, 2.75) is 27.7 Å². The Morgan fingerprint density at radius 2 is 1.58 bits per heavy atom. The quantitative estimate of drug-likeness (QED) is 0.737. The summed E-state index contributed by atoms with van der Waals surface area (Å²) in [6.07, 6.45) is 0. The van der Waals surface area contributed by atoms with Crippen LogP contribution < -0.4 is 5.32 Å². The molecule has 0 bridgehead atoms. The summed E-state index contributed by atoms with van der Waals surface area (Å²) in [6.45, 7) is 8.83. The number of hydrogen-bond donors (Lipinski definition) is 1. The van der Waals surface area contributed by atoms with Gasteiger partial charge in [0, 0.05) is 25.2 Å². The molecule has 24 heavy (non-hydrogen) atoms. The molecule has 0 radical (unpaired) electrons. The van der Waals surface area contributed by atoms with Gasteiger partial charge in [-0.3, -0.25) is 4.79 Å². The Morgan fingerprint density at radius 3 is 2.04 bits per heavy atom. The molecule has 0 saturated heterocycles. The van der Waals surface area contributed by atoms with Gasteiger partial charge in [-0.25, -0.2) is 17.1 Å². The smallest absolute Gasteiger partial charge is 0.251 e. The summed E-state index contributed by atoms with van der Waals surface area (Å²) in [6, 6.07) is 5.11. The largest absolute Gasteiger partial charge is 0.351 e. The van der Waals surface area contributed by atoms with E-state index in [-0.39, 0.29) is 24.1 Å². The molecule has 1 aromatic carbocycles. The van der Waals surface area contributed by atoms with Gasteiger partial charge in [0.15, 0.2) is 0 Å². The van der Waals surface area contributed by atoms with Gasteiger partial charge in [0.25, 0.3) is 5.91 Å². The van der Waals surface area contributed by atoms with Gasteiger partial charge in [0.1, 0.15) is 5.82 Å². The van der Waals surface area contributed by atoms with E-state index >= 15 is 0 Å². The maximum Gasteiger partial charge on any atom is 0.251 e. The SMILES string of the molecule is CC(C)CN(CC(C)C)S(=O)(=O)CCNC(=O)c1ccc(F)cc1.